The quantitative estimate of drug-likeness (QED) is 0.642. The SMILES string of the molecule is CSC1(CNCc2ccc([N+](=O)[O-])cc2Br)CC1. The summed E-state index contributed by atoms with van der Waals surface area (Å²) in [6.45, 7) is 1.73. The van der Waals surface area contributed by atoms with Gasteiger partial charge in [-0.05, 0) is 30.7 Å². The van der Waals surface area contributed by atoms with Crippen molar-refractivity contribution in [2.24, 2.45) is 0 Å². The maximum absolute atomic E-state index is 10.6. The van der Waals surface area contributed by atoms with Gasteiger partial charge < -0.3 is 5.32 Å². The predicted octanol–water partition coefficient (Wildman–Crippen LogP) is 3.34. The molecular weight excluding hydrogens is 316 g/mol. The van der Waals surface area contributed by atoms with Crippen LogP contribution in [-0.4, -0.2) is 22.5 Å². The Hall–Kier alpha value is -0.590. The number of nitro benzene ring substituents is 1. The number of nitrogens with one attached hydrogen (secondary N) is 1. The van der Waals surface area contributed by atoms with E-state index in [2.05, 4.69) is 27.5 Å². The van der Waals surface area contributed by atoms with Crippen molar-refractivity contribution in [1.29, 1.82) is 0 Å². The standard InChI is InChI=1S/C12H15BrN2O2S/c1-18-12(4-5-12)8-14-7-9-2-3-10(15(16)17)6-11(9)13/h2-3,6,14H,4-5,7-8H2,1H3. The Morgan fingerprint density at radius 1 is 1.56 bits per heavy atom. The topological polar surface area (TPSA) is 55.2 Å². The molecule has 0 aromatic heterocycles. The highest BCUT2D eigenvalue weighted by Crippen LogP contribution is 2.46. The van der Waals surface area contributed by atoms with Crippen LogP contribution in [0.25, 0.3) is 0 Å². The van der Waals surface area contributed by atoms with Crippen LogP contribution in [0, 0.1) is 10.1 Å². The van der Waals surface area contributed by atoms with Crippen molar-refractivity contribution in [1.82, 2.24) is 5.32 Å². The highest BCUT2D eigenvalue weighted by molar-refractivity contribution is 9.10. The van der Waals surface area contributed by atoms with Gasteiger partial charge in [0, 0.05) is 34.4 Å². The van der Waals surface area contributed by atoms with Crippen molar-refractivity contribution in [2.75, 3.05) is 12.8 Å². The van der Waals surface area contributed by atoms with E-state index in [1.54, 1.807) is 18.2 Å². The van der Waals surface area contributed by atoms with Gasteiger partial charge in [-0.1, -0.05) is 15.9 Å². The molecule has 0 radical (unpaired) electrons. The average molecular weight is 331 g/mol. The van der Waals surface area contributed by atoms with Crippen molar-refractivity contribution < 1.29 is 4.92 Å². The number of rotatable bonds is 6. The van der Waals surface area contributed by atoms with E-state index in [0.29, 0.717) is 4.75 Å². The highest BCUT2D eigenvalue weighted by atomic mass is 79.9. The van der Waals surface area contributed by atoms with E-state index < -0.39 is 0 Å². The second-order valence-electron chi connectivity index (χ2n) is 4.52. The van der Waals surface area contributed by atoms with Crippen LogP contribution in [0.2, 0.25) is 0 Å². The second kappa shape index (κ2) is 5.59. The Morgan fingerprint density at radius 3 is 2.78 bits per heavy atom. The largest absolute Gasteiger partial charge is 0.311 e. The first kappa shape index (κ1) is 13.8. The van der Waals surface area contributed by atoms with E-state index in [1.807, 2.05) is 11.8 Å². The molecule has 1 fully saturated rings. The zero-order valence-electron chi connectivity index (χ0n) is 10.1. The third kappa shape index (κ3) is 3.24. The molecule has 1 aliphatic carbocycles. The summed E-state index contributed by atoms with van der Waals surface area (Å²) in [7, 11) is 0. The Labute approximate surface area is 119 Å². The fraction of sp³-hybridized carbons (Fsp3) is 0.500. The van der Waals surface area contributed by atoms with E-state index in [4.69, 9.17) is 0 Å². The van der Waals surface area contributed by atoms with E-state index in [9.17, 15) is 10.1 Å². The molecule has 1 saturated carbocycles. The zero-order chi connectivity index (χ0) is 13.2. The Morgan fingerprint density at radius 2 is 2.28 bits per heavy atom. The van der Waals surface area contributed by atoms with Crippen LogP contribution in [-0.2, 0) is 6.54 Å². The smallest absolute Gasteiger partial charge is 0.270 e. The Balaban J connectivity index is 1.91. The van der Waals surface area contributed by atoms with Gasteiger partial charge in [-0.3, -0.25) is 10.1 Å². The van der Waals surface area contributed by atoms with E-state index in [1.165, 1.54) is 12.8 Å². The Kier molecular flexibility index (Phi) is 4.29. The number of nitro groups is 1. The molecule has 1 N–H and O–H groups in total. The van der Waals surface area contributed by atoms with Crippen LogP contribution in [0.5, 0.6) is 0 Å². The summed E-state index contributed by atoms with van der Waals surface area (Å²) < 4.78 is 1.23. The molecule has 2 rings (SSSR count). The van der Waals surface area contributed by atoms with Gasteiger partial charge in [-0.2, -0.15) is 11.8 Å². The first-order chi connectivity index (χ1) is 8.56. The summed E-state index contributed by atoms with van der Waals surface area (Å²) in [6, 6.07) is 4.90. The number of hydrogen-bond donors (Lipinski definition) is 1. The molecule has 0 heterocycles. The van der Waals surface area contributed by atoms with Crippen molar-refractivity contribution in [3.05, 3.63) is 38.3 Å². The van der Waals surface area contributed by atoms with Gasteiger partial charge in [0.05, 0.1) is 4.92 Å². The number of non-ortho nitro benzene ring substituents is 1. The molecule has 18 heavy (non-hydrogen) atoms. The van der Waals surface area contributed by atoms with Gasteiger partial charge in [0.25, 0.3) is 5.69 Å². The first-order valence-corrected chi connectivity index (χ1v) is 7.77. The van der Waals surface area contributed by atoms with E-state index >= 15 is 0 Å². The first-order valence-electron chi connectivity index (χ1n) is 5.75. The molecule has 1 aromatic rings. The van der Waals surface area contributed by atoms with Gasteiger partial charge in [0.1, 0.15) is 0 Å². The third-order valence-corrected chi connectivity index (χ3v) is 5.41. The summed E-state index contributed by atoms with van der Waals surface area (Å²) in [5.74, 6) is 0. The Bertz CT molecular complexity index is 463. The van der Waals surface area contributed by atoms with Crippen LogP contribution in [0.15, 0.2) is 22.7 Å². The van der Waals surface area contributed by atoms with Gasteiger partial charge in [0.15, 0.2) is 0 Å². The molecule has 0 saturated heterocycles. The summed E-state index contributed by atoms with van der Waals surface area (Å²) in [5, 5.41) is 14.0. The normalized spacial score (nSPS) is 16.6. The number of halogens is 1. The van der Waals surface area contributed by atoms with E-state index in [0.717, 1.165) is 23.1 Å². The van der Waals surface area contributed by atoms with Crippen LogP contribution >= 0.6 is 27.7 Å². The van der Waals surface area contributed by atoms with Crippen molar-refractivity contribution >= 4 is 33.4 Å². The lowest BCUT2D eigenvalue weighted by atomic mass is 10.2. The van der Waals surface area contributed by atoms with Crippen LogP contribution < -0.4 is 5.32 Å². The fourth-order valence-electron chi connectivity index (χ4n) is 1.81. The highest BCUT2D eigenvalue weighted by Gasteiger charge is 2.41. The maximum Gasteiger partial charge on any atom is 0.270 e. The summed E-state index contributed by atoms with van der Waals surface area (Å²) in [5.41, 5.74) is 1.17. The van der Waals surface area contributed by atoms with Gasteiger partial charge >= 0.3 is 0 Å². The molecule has 0 atom stereocenters. The molecule has 4 nitrogen and oxygen atoms in total. The predicted molar refractivity (Wildman–Crippen MR) is 78.0 cm³/mol. The van der Waals surface area contributed by atoms with Gasteiger partial charge in [-0.15, -0.1) is 0 Å². The fourth-order valence-corrected chi connectivity index (χ4v) is 3.07. The molecular formula is C12H15BrN2O2S. The van der Waals surface area contributed by atoms with Crippen molar-refractivity contribution in [3.63, 3.8) is 0 Å². The number of nitrogens with zero attached hydrogens (tertiary/aromatic N) is 1. The van der Waals surface area contributed by atoms with Crippen molar-refractivity contribution in [3.8, 4) is 0 Å². The minimum atomic E-state index is -0.380. The molecule has 0 unspecified atom stereocenters. The minimum Gasteiger partial charge on any atom is -0.311 e. The maximum atomic E-state index is 10.6. The lowest BCUT2D eigenvalue weighted by Crippen LogP contribution is -2.25. The average Bonchev–Trinajstić information content (AvgIpc) is 3.11. The van der Waals surface area contributed by atoms with Crippen LogP contribution in [0.1, 0.15) is 18.4 Å². The molecule has 0 aliphatic heterocycles. The number of benzene rings is 1. The third-order valence-electron chi connectivity index (χ3n) is 3.25. The lowest BCUT2D eigenvalue weighted by molar-refractivity contribution is -0.384. The lowest BCUT2D eigenvalue weighted by Gasteiger charge is -2.13. The zero-order valence-corrected chi connectivity index (χ0v) is 12.5. The van der Waals surface area contributed by atoms with E-state index in [-0.39, 0.29) is 10.6 Å². The molecule has 6 heteroatoms. The molecule has 0 amide bonds. The van der Waals surface area contributed by atoms with Crippen LogP contribution in [0.3, 0.4) is 0 Å². The van der Waals surface area contributed by atoms with Gasteiger partial charge in [0.2, 0.25) is 0 Å². The summed E-state index contributed by atoms with van der Waals surface area (Å²) >= 11 is 5.30. The molecule has 98 valence electrons. The molecule has 0 bridgehead atoms. The molecule has 1 aromatic carbocycles. The van der Waals surface area contributed by atoms with Gasteiger partial charge in [-0.25, -0.2) is 0 Å². The summed E-state index contributed by atoms with van der Waals surface area (Å²) in [4.78, 5) is 10.2. The second-order valence-corrected chi connectivity index (χ2v) is 6.65. The summed E-state index contributed by atoms with van der Waals surface area (Å²) in [6.07, 6.45) is 4.71. The monoisotopic (exact) mass is 330 g/mol. The molecule has 1 aliphatic rings. The van der Waals surface area contributed by atoms with Crippen molar-refractivity contribution in [2.45, 2.75) is 24.1 Å². The number of hydrogen-bond acceptors (Lipinski definition) is 4. The molecule has 0 spiro atoms. The number of thioether (sulfide) groups is 1. The minimum absolute atomic E-state index is 0.119. The van der Waals surface area contributed by atoms with Crippen LogP contribution in [0.4, 0.5) is 5.69 Å².